The number of aromatic nitrogens is 1. The third kappa shape index (κ3) is 1.78. The van der Waals surface area contributed by atoms with Crippen molar-refractivity contribution < 1.29 is 9.21 Å². The topological polar surface area (TPSA) is 43.1 Å². The van der Waals surface area contributed by atoms with Crippen LogP contribution >= 0.6 is 27.3 Å². The molecule has 0 aliphatic heterocycles. The second-order valence-corrected chi connectivity index (χ2v) is 4.56. The highest BCUT2D eigenvalue weighted by Gasteiger charge is 2.14. The maximum absolute atomic E-state index is 11.7. The van der Waals surface area contributed by atoms with Gasteiger partial charge in [0, 0.05) is 11.4 Å². The van der Waals surface area contributed by atoms with Crippen molar-refractivity contribution in [2.45, 2.75) is 6.92 Å². The van der Waals surface area contributed by atoms with Crippen LogP contribution in [-0.4, -0.2) is 10.8 Å². The van der Waals surface area contributed by atoms with Crippen LogP contribution in [0.15, 0.2) is 26.8 Å². The average molecular weight is 272 g/mol. The maximum atomic E-state index is 11.7. The van der Waals surface area contributed by atoms with Crippen molar-refractivity contribution in [3.05, 3.63) is 38.6 Å². The number of furan rings is 1. The van der Waals surface area contributed by atoms with Crippen molar-refractivity contribution in [3.8, 4) is 0 Å². The molecule has 14 heavy (non-hydrogen) atoms. The van der Waals surface area contributed by atoms with Gasteiger partial charge in [-0.05, 0) is 22.9 Å². The highest BCUT2D eigenvalue weighted by atomic mass is 79.9. The fourth-order valence-corrected chi connectivity index (χ4v) is 1.98. The molecule has 0 bridgehead atoms. The molecule has 0 N–H and O–H groups in total. The normalized spacial score (nSPS) is 10.4. The predicted molar refractivity (Wildman–Crippen MR) is 56.7 cm³/mol. The predicted octanol–water partition coefficient (Wildman–Crippen LogP) is 3.04. The molecule has 72 valence electrons. The summed E-state index contributed by atoms with van der Waals surface area (Å²) >= 11 is 4.60. The lowest BCUT2D eigenvalue weighted by molar-refractivity contribution is 0.103. The molecule has 2 aromatic rings. The van der Waals surface area contributed by atoms with E-state index in [9.17, 15) is 4.79 Å². The van der Waals surface area contributed by atoms with Crippen molar-refractivity contribution in [3.63, 3.8) is 0 Å². The van der Waals surface area contributed by atoms with E-state index in [1.807, 2.05) is 6.92 Å². The van der Waals surface area contributed by atoms with Crippen LogP contribution in [0.5, 0.6) is 0 Å². The van der Waals surface area contributed by atoms with Gasteiger partial charge in [-0.3, -0.25) is 4.79 Å². The first kappa shape index (κ1) is 9.61. The van der Waals surface area contributed by atoms with Crippen molar-refractivity contribution in [1.82, 2.24) is 4.98 Å². The van der Waals surface area contributed by atoms with Crippen LogP contribution in [0.3, 0.4) is 0 Å². The Hall–Kier alpha value is -0.940. The lowest BCUT2D eigenvalue weighted by Gasteiger charge is -1.89. The summed E-state index contributed by atoms with van der Waals surface area (Å²) in [5.41, 5.74) is 0.989. The summed E-state index contributed by atoms with van der Waals surface area (Å²) in [5.74, 6) is -0.108. The lowest BCUT2D eigenvalue weighted by Crippen LogP contribution is -1.99. The molecule has 0 aromatic carbocycles. The van der Waals surface area contributed by atoms with E-state index in [1.54, 1.807) is 11.4 Å². The number of thiazole rings is 1. The zero-order valence-corrected chi connectivity index (χ0v) is 9.68. The Labute approximate surface area is 92.9 Å². The molecular formula is C9H6BrNO2S. The van der Waals surface area contributed by atoms with Crippen molar-refractivity contribution in [2.24, 2.45) is 0 Å². The number of hydrogen-bond donors (Lipinski definition) is 0. The van der Waals surface area contributed by atoms with Crippen molar-refractivity contribution in [1.29, 1.82) is 0 Å². The Bertz CT molecular complexity index is 432. The highest BCUT2D eigenvalue weighted by Crippen LogP contribution is 2.18. The summed E-state index contributed by atoms with van der Waals surface area (Å²) < 4.78 is 5.53. The molecule has 2 rings (SSSR count). The summed E-state index contributed by atoms with van der Waals surface area (Å²) in [6.07, 6.45) is 1.42. The number of hydrogen-bond acceptors (Lipinski definition) is 4. The van der Waals surface area contributed by atoms with E-state index < -0.39 is 0 Å². The highest BCUT2D eigenvalue weighted by molar-refractivity contribution is 9.10. The lowest BCUT2D eigenvalue weighted by atomic mass is 10.2. The van der Waals surface area contributed by atoms with Gasteiger partial charge in [0.2, 0.25) is 5.78 Å². The first-order valence-electron chi connectivity index (χ1n) is 3.87. The SMILES string of the molecule is Cc1nc(C(=O)c2coc(Br)c2)cs1. The molecule has 0 saturated carbocycles. The van der Waals surface area contributed by atoms with Gasteiger partial charge in [-0.25, -0.2) is 4.98 Å². The zero-order valence-electron chi connectivity index (χ0n) is 7.28. The monoisotopic (exact) mass is 271 g/mol. The largest absolute Gasteiger partial charge is 0.457 e. The Kier molecular flexibility index (Phi) is 2.52. The molecule has 0 spiro atoms. The summed E-state index contributed by atoms with van der Waals surface area (Å²) in [5, 5.41) is 2.63. The van der Waals surface area contributed by atoms with E-state index in [4.69, 9.17) is 4.42 Å². The summed E-state index contributed by atoms with van der Waals surface area (Å²) in [6.45, 7) is 1.87. The summed E-state index contributed by atoms with van der Waals surface area (Å²) in [7, 11) is 0. The van der Waals surface area contributed by atoms with E-state index in [-0.39, 0.29) is 5.78 Å². The van der Waals surface area contributed by atoms with Crippen LogP contribution in [0.4, 0.5) is 0 Å². The average Bonchev–Trinajstić information content (AvgIpc) is 2.73. The van der Waals surface area contributed by atoms with Crippen LogP contribution in [0, 0.1) is 6.92 Å². The molecule has 0 atom stereocenters. The molecule has 2 aromatic heterocycles. The standard InChI is InChI=1S/C9H6BrNO2S/c1-5-11-7(4-14-5)9(12)6-2-8(10)13-3-6/h2-4H,1H3. The zero-order chi connectivity index (χ0) is 10.1. The van der Waals surface area contributed by atoms with Gasteiger partial charge in [0.25, 0.3) is 0 Å². The van der Waals surface area contributed by atoms with Crippen molar-refractivity contribution >= 4 is 33.0 Å². The van der Waals surface area contributed by atoms with Gasteiger partial charge in [-0.2, -0.15) is 0 Å². The summed E-state index contributed by atoms with van der Waals surface area (Å²) in [6, 6.07) is 1.64. The van der Waals surface area contributed by atoms with Crippen LogP contribution in [0.1, 0.15) is 21.1 Å². The van der Waals surface area contributed by atoms with E-state index in [2.05, 4.69) is 20.9 Å². The minimum atomic E-state index is -0.108. The van der Waals surface area contributed by atoms with Gasteiger partial charge < -0.3 is 4.42 Å². The van der Waals surface area contributed by atoms with Crippen LogP contribution < -0.4 is 0 Å². The number of ketones is 1. The first-order chi connectivity index (χ1) is 6.66. The van der Waals surface area contributed by atoms with E-state index >= 15 is 0 Å². The second kappa shape index (κ2) is 3.67. The smallest absolute Gasteiger partial charge is 0.215 e. The molecule has 0 radical (unpaired) electrons. The molecule has 0 saturated heterocycles. The Balaban J connectivity index is 2.33. The Morgan fingerprint density at radius 2 is 2.43 bits per heavy atom. The van der Waals surface area contributed by atoms with E-state index in [0.717, 1.165) is 5.01 Å². The first-order valence-corrected chi connectivity index (χ1v) is 5.55. The molecule has 3 nitrogen and oxygen atoms in total. The fourth-order valence-electron chi connectivity index (χ4n) is 1.04. The minimum Gasteiger partial charge on any atom is -0.457 e. The number of carbonyl (C=O) groups is 1. The molecule has 5 heteroatoms. The van der Waals surface area contributed by atoms with Gasteiger partial charge in [-0.15, -0.1) is 11.3 Å². The number of halogens is 1. The Morgan fingerprint density at radius 3 is 2.93 bits per heavy atom. The van der Waals surface area contributed by atoms with Gasteiger partial charge in [-0.1, -0.05) is 0 Å². The van der Waals surface area contributed by atoms with E-state index in [0.29, 0.717) is 15.9 Å². The molecule has 0 aliphatic rings. The van der Waals surface area contributed by atoms with E-state index in [1.165, 1.54) is 17.6 Å². The molecule has 2 heterocycles. The fraction of sp³-hybridized carbons (Fsp3) is 0.111. The second-order valence-electron chi connectivity index (χ2n) is 2.72. The van der Waals surface area contributed by atoms with Gasteiger partial charge in [0.1, 0.15) is 12.0 Å². The summed E-state index contributed by atoms with van der Waals surface area (Å²) in [4.78, 5) is 15.8. The van der Waals surface area contributed by atoms with Crippen LogP contribution in [0.2, 0.25) is 0 Å². The molecular weight excluding hydrogens is 266 g/mol. The van der Waals surface area contributed by atoms with Gasteiger partial charge in [0.15, 0.2) is 4.67 Å². The molecule has 0 aliphatic carbocycles. The maximum Gasteiger partial charge on any atom is 0.215 e. The minimum absolute atomic E-state index is 0.108. The number of carbonyl (C=O) groups excluding carboxylic acids is 1. The van der Waals surface area contributed by atoms with Crippen LogP contribution in [0.25, 0.3) is 0 Å². The number of rotatable bonds is 2. The molecule has 0 amide bonds. The third-order valence-corrected chi connectivity index (χ3v) is 2.87. The van der Waals surface area contributed by atoms with Crippen molar-refractivity contribution in [2.75, 3.05) is 0 Å². The number of aryl methyl sites for hydroxylation is 1. The van der Waals surface area contributed by atoms with Gasteiger partial charge in [0.05, 0.1) is 10.6 Å². The molecule has 0 fully saturated rings. The van der Waals surface area contributed by atoms with Gasteiger partial charge >= 0.3 is 0 Å². The quantitative estimate of drug-likeness (QED) is 0.789. The Morgan fingerprint density at radius 1 is 1.64 bits per heavy atom. The molecule has 0 unspecified atom stereocenters. The number of nitrogens with zero attached hydrogens (tertiary/aromatic N) is 1. The van der Waals surface area contributed by atoms with Crippen LogP contribution in [-0.2, 0) is 0 Å². The third-order valence-electron chi connectivity index (χ3n) is 1.68.